The van der Waals surface area contributed by atoms with E-state index >= 15 is 0 Å². The Labute approximate surface area is 56.2 Å². The molecule has 1 N–H and O–H groups in total. The summed E-state index contributed by atoms with van der Waals surface area (Å²) in [4.78, 5) is 9.32. The third-order valence-electron chi connectivity index (χ3n) is 0.114. The maximum Gasteiger partial charge on any atom is 0.314 e. The molecule has 1 radical (unpaired) electrons. The van der Waals surface area contributed by atoms with Gasteiger partial charge >= 0.3 is 5.97 Å². The van der Waals surface area contributed by atoms with Gasteiger partial charge < -0.3 is 5.11 Å². The van der Waals surface area contributed by atoms with Crippen LogP contribution < -0.4 is 0 Å². The second-order valence-electron chi connectivity index (χ2n) is 0.527. The number of alkyl halides is 1. The Kier molecular flexibility index (Phi) is 9.01. The number of hydrogen-bond donors (Lipinski definition) is 1. The van der Waals surface area contributed by atoms with Crippen molar-refractivity contribution in [1.82, 2.24) is 0 Å². The molecule has 31 valence electrons. The molecule has 0 heterocycles. The Bertz CT molecular complexity index is 46.8. The van der Waals surface area contributed by atoms with Crippen molar-refractivity contribution in [1.29, 1.82) is 0 Å². The van der Waals surface area contributed by atoms with Crippen molar-refractivity contribution >= 4 is 40.8 Å². The quantitative estimate of drug-likeness (QED) is 0.420. The van der Waals surface area contributed by atoms with Gasteiger partial charge in [-0.1, -0.05) is 15.9 Å². The Hall–Kier alpha value is 0.547. The van der Waals surface area contributed by atoms with Gasteiger partial charge in [-0.2, -0.15) is 0 Å². The second kappa shape index (κ2) is 5.55. The summed E-state index contributed by atoms with van der Waals surface area (Å²) in [6, 6.07) is 0. The summed E-state index contributed by atoms with van der Waals surface area (Å²) in [5, 5.41) is 7.71. The molecular formula is C2H3BrLiO2. The van der Waals surface area contributed by atoms with Crippen LogP contribution in [0, 0.1) is 0 Å². The summed E-state index contributed by atoms with van der Waals surface area (Å²) in [7, 11) is 0. The van der Waals surface area contributed by atoms with E-state index in [1.807, 2.05) is 0 Å². The van der Waals surface area contributed by atoms with E-state index in [1.165, 1.54) is 0 Å². The summed E-state index contributed by atoms with van der Waals surface area (Å²) in [5.74, 6) is -0.829. The Morgan fingerprint density at radius 1 is 1.83 bits per heavy atom. The van der Waals surface area contributed by atoms with Crippen LogP contribution in [-0.4, -0.2) is 35.3 Å². The number of hydrogen-bond acceptors (Lipinski definition) is 1. The van der Waals surface area contributed by atoms with Gasteiger partial charge in [0.25, 0.3) is 0 Å². The first-order chi connectivity index (χ1) is 2.27. The molecule has 0 aliphatic carbocycles. The largest absolute Gasteiger partial charge is 0.481 e. The SMILES string of the molecule is O=C(O)CBr.[Li]. The topological polar surface area (TPSA) is 37.3 Å². The van der Waals surface area contributed by atoms with Crippen molar-refractivity contribution in [3.63, 3.8) is 0 Å². The first kappa shape index (κ1) is 9.74. The van der Waals surface area contributed by atoms with Gasteiger partial charge in [0.1, 0.15) is 5.33 Å². The van der Waals surface area contributed by atoms with Crippen LogP contribution in [0.25, 0.3) is 0 Å². The van der Waals surface area contributed by atoms with Gasteiger partial charge in [-0.3, -0.25) is 4.79 Å². The van der Waals surface area contributed by atoms with Crippen LogP contribution >= 0.6 is 15.9 Å². The Morgan fingerprint density at radius 3 is 2.00 bits per heavy atom. The van der Waals surface area contributed by atoms with Crippen LogP contribution in [0.1, 0.15) is 0 Å². The van der Waals surface area contributed by atoms with Gasteiger partial charge in [0.2, 0.25) is 0 Å². The summed E-state index contributed by atoms with van der Waals surface area (Å²) in [5.41, 5.74) is 0. The minimum absolute atomic E-state index is 0. The number of halogens is 1. The van der Waals surface area contributed by atoms with Gasteiger partial charge in [-0.25, -0.2) is 0 Å². The molecule has 0 aliphatic heterocycles. The number of carboxylic acids is 1. The molecule has 0 amide bonds. The van der Waals surface area contributed by atoms with E-state index in [0.29, 0.717) is 0 Å². The van der Waals surface area contributed by atoms with E-state index in [0.717, 1.165) is 0 Å². The van der Waals surface area contributed by atoms with Crippen molar-refractivity contribution < 1.29 is 9.90 Å². The zero-order valence-electron chi connectivity index (χ0n) is 3.44. The number of aliphatic carboxylic acids is 1. The zero-order valence-corrected chi connectivity index (χ0v) is 5.03. The summed E-state index contributed by atoms with van der Waals surface area (Å²) >= 11 is 2.71. The molecule has 0 aliphatic rings. The van der Waals surface area contributed by atoms with Crippen molar-refractivity contribution in [2.24, 2.45) is 0 Å². The molecule has 0 rings (SSSR count). The van der Waals surface area contributed by atoms with E-state index in [9.17, 15) is 4.79 Å². The van der Waals surface area contributed by atoms with Gasteiger partial charge in [-0.15, -0.1) is 0 Å². The third-order valence-corrected chi connectivity index (χ3v) is 0.594. The molecule has 0 aromatic heterocycles. The molecule has 2 nitrogen and oxygen atoms in total. The smallest absolute Gasteiger partial charge is 0.314 e. The first-order valence-electron chi connectivity index (χ1n) is 1.05. The molecule has 0 fully saturated rings. The van der Waals surface area contributed by atoms with Crippen LogP contribution in [-0.2, 0) is 4.79 Å². The van der Waals surface area contributed by atoms with Gasteiger partial charge in [0, 0.05) is 18.9 Å². The van der Waals surface area contributed by atoms with E-state index in [-0.39, 0.29) is 24.2 Å². The standard InChI is InChI=1S/C2H3BrO2.Li/c3-1-2(4)5;/h1H2,(H,4,5);. The molecule has 0 saturated heterocycles. The predicted molar refractivity (Wildman–Crippen MR) is 27.2 cm³/mol. The minimum atomic E-state index is -0.829. The predicted octanol–water partition coefficient (Wildman–Crippen LogP) is 0.0851. The second-order valence-corrected chi connectivity index (χ2v) is 1.09. The monoisotopic (exact) mass is 145 g/mol. The molecule has 0 bridgehead atoms. The van der Waals surface area contributed by atoms with Gasteiger partial charge in [0.15, 0.2) is 0 Å². The van der Waals surface area contributed by atoms with Crippen LogP contribution in [0.4, 0.5) is 0 Å². The van der Waals surface area contributed by atoms with Crippen LogP contribution in [0.5, 0.6) is 0 Å². The van der Waals surface area contributed by atoms with E-state index in [4.69, 9.17) is 5.11 Å². The fourth-order valence-electron chi connectivity index (χ4n) is 0. The zero-order chi connectivity index (χ0) is 4.28. The Balaban J connectivity index is 0. The van der Waals surface area contributed by atoms with Crippen molar-refractivity contribution in [3.05, 3.63) is 0 Å². The fourth-order valence-corrected chi connectivity index (χ4v) is 0. The minimum Gasteiger partial charge on any atom is -0.481 e. The Morgan fingerprint density at radius 2 is 2.00 bits per heavy atom. The maximum atomic E-state index is 9.32. The van der Waals surface area contributed by atoms with Crippen molar-refractivity contribution in [2.45, 2.75) is 0 Å². The summed E-state index contributed by atoms with van der Waals surface area (Å²) in [6.07, 6.45) is 0. The van der Waals surface area contributed by atoms with Crippen molar-refractivity contribution in [3.8, 4) is 0 Å². The molecule has 0 aromatic carbocycles. The van der Waals surface area contributed by atoms with E-state index in [1.54, 1.807) is 0 Å². The summed E-state index contributed by atoms with van der Waals surface area (Å²) in [6.45, 7) is 0. The molecule has 0 spiro atoms. The normalized spacial score (nSPS) is 6.17. The maximum absolute atomic E-state index is 9.32. The van der Waals surface area contributed by atoms with Crippen molar-refractivity contribution in [2.75, 3.05) is 5.33 Å². The summed E-state index contributed by atoms with van der Waals surface area (Å²) < 4.78 is 0. The fraction of sp³-hybridized carbons (Fsp3) is 0.500. The van der Waals surface area contributed by atoms with Crippen LogP contribution in [0.3, 0.4) is 0 Å². The molecular weight excluding hydrogens is 143 g/mol. The molecule has 4 heteroatoms. The molecule has 6 heavy (non-hydrogen) atoms. The molecule has 0 saturated carbocycles. The molecule has 0 aromatic rings. The molecule has 0 atom stereocenters. The van der Waals surface area contributed by atoms with Gasteiger partial charge in [0.05, 0.1) is 0 Å². The first-order valence-corrected chi connectivity index (χ1v) is 2.17. The average molecular weight is 146 g/mol. The number of carboxylic acid groups (broad SMARTS) is 1. The van der Waals surface area contributed by atoms with E-state index in [2.05, 4.69) is 15.9 Å². The van der Waals surface area contributed by atoms with Crippen LogP contribution in [0.2, 0.25) is 0 Å². The van der Waals surface area contributed by atoms with Crippen LogP contribution in [0.15, 0.2) is 0 Å². The van der Waals surface area contributed by atoms with E-state index < -0.39 is 5.97 Å². The number of carbonyl (C=O) groups is 1. The number of rotatable bonds is 1. The average Bonchev–Trinajstić information content (AvgIpc) is 1.38. The molecule has 0 unspecified atom stereocenters. The van der Waals surface area contributed by atoms with Gasteiger partial charge in [-0.05, 0) is 0 Å². The third kappa shape index (κ3) is 8.82.